The molecule has 0 saturated carbocycles. The number of amides is 2. The average molecular weight is 259 g/mol. The van der Waals surface area contributed by atoms with E-state index >= 15 is 0 Å². The average Bonchev–Trinajstić information content (AvgIpc) is 2.62. The fraction of sp³-hybridized carbons (Fsp3) is 0.400. The molecular formula is C10H11ClN2O2S. The first-order valence-corrected chi connectivity index (χ1v) is 6.07. The molecule has 2 heterocycles. The topological polar surface area (TPSA) is 49.4 Å². The summed E-state index contributed by atoms with van der Waals surface area (Å²) in [5, 5.41) is 2.28. The molecule has 1 aromatic rings. The number of hydrogen-bond donors (Lipinski definition) is 1. The number of piperazine rings is 1. The van der Waals surface area contributed by atoms with Gasteiger partial charge >= 0.3 is 0 Å². The second kappa shape index (κ2) is 4.53. The van der Waals surface area contributed by atoms with E-state index in [1.807, 2.05) is 24.0 Å². The molecule has 1 aromatic heterocycles. The Morgan fingerprint density at radius 3 is 2.50 bits per heavy atom. The lowest BCUT2D eigenvalue weighted by Gasteiger charge is -2.30. The van der Waals surface area contributed by atoms with Crippen LogP contribution in [0.15, 0.2) is 12.1 Å². The van der Waals surface area contributed by atoms with Gasteiger partial charge in [-0.25, -0.2) is 0 Å². The fourth-order valence-corrected chi connectivity index (χ4v) is 2.81. The minimum absolute atomic E-state index is 0.0347. The van der Waals surface area contributed by atoms with Crippen LogP contribution in [0.5, 0.6) is 0 Å². The maximum atomic E-state index is 11.2. The highest BCUT2D eigenvalue weighted by Crippen LogP contribution is 2.30. The number of nitrogens with zero attached hydrogens (tertiary/aromatic N) is 1. The fourth-order valence-electron chi connectivity index (χ4n) is 1.67. The summed E-state index contributed by atoms with van der Waals surface area (Å²) in [7, 11) is 0. The number of carbonyl (C=O) groups excluding carboxylic acids is 2. The van der Waals surface area contributed by atoms with Crippen LogP contribution in [0.1, 0.15) is 17.8 Å². The molecule has 2 amide bonds. The Morgan fingerprint density at radius 1 is 1.38 bits per heavy atom. The number of rotatable bonds is 2. The molecule has 1 atom stereocenters. The molecular weight excluding hydrogens is 248 g/mol. The summed E-state index contributed by atoms with van der Waals surface area (Å²) in [6.07, 6.45) is 0. The second-order valence-corrected chi connectivity index (χ2v) is 5.44. The second-order valence-electron chi connectivity index (χ2n) is 3.69. The highest BCUT2D eigenvalue weighted by molar-refractivity contribution is 7.16. The van der Waals surface area contributed by atoms with Crippen molar-refractivity contribution in [3.05, 3.63) is 21.3 Å². The van der Waals surface area contributed by atoms with Crippen LogP contribution in [-0.2, 0) is 9.59 Å². The van der Waals surface area contributed by atoms with E-state index in [0.717, 1.165) is 9.21 Å². The quantitative estimate of drug-likeness (QED) is 0.817. The van der Waals surface area contributed by atoms with Gasteiger partial charge in [-0.3, -0.25) is 19.8 Å². The van der Waals surface area contributed by atoms with E-state index in [9.17, 15) is 9.59 Å². The normalized spacial score (nSPS) is 19.6. The zero-order valence-corrected chi connectivity index (χ0v) is 10.3. The molecule has 0 aromatic carbocycles. The Morgan fingerprint density at radius 2 is 2.00 bits per heavy atom. The number of halogens is 1. The van der Waals surface area contributed by atoms with Gasteiger partial charge in [0.1, 0.15) is 0 Å². The van der Waals surface area contributed by atoms with Gasteiger partial charge < -0.3 is 0 Å². The first kappa shape index (κ1) is 11.6. The Hall–Kier alpha value is -0.910. The van der Waals surface area contributed by atoms with Crippen molar-refractivity contribution in [2.45, 2.75) is 13.0 Å². The lowest BCUT2D eigenvalue weighted by molar-refractivity contribution is -0.136. The van der Waals surface area contributed by atoms with Crippen LogP contribution >= 0.6 is 22.9 Å². The standard InChI is InChI=1S/C10H11ClN2O2S/c1-6(7-2-3-8(11)16-7)13-4-9(14)12-10(15)5-13/h2-3,6H,4-5H2,1H3,(H,12,14,15). The first-order valence-electron chi connectivity index (χ1n) is 4.88. The minimum Gasteiger partial charge on any atom is -0.294 e. The van der Waals surface area contributed by atoms with E-state index in [1.165, 1.54) is 11.3 Å². The van der Waals surface area contributed by atoms with Crippen LogP contribution < -0.4 is 5.32 Å². The summed E-state index contributed by atoms with van der Waals surface area (Å²) in [6, 6.07) is 3.78. The smallest absolute Gasteiger partial charge is 0.240 e. The van der Waals surface area contributed by atoms with Gasteiger partial charge in [-0.2, -0.15) is 0 Å². The maximum Gasteiger partial charge on any atom is 0.240 e. The Bertz CT molecular complexity index is 416. The monoisotopic (exact) mass is 258 g/mol. The van der Waals surface area contributed by atoms with Crippen LogP contribution in [0.3, 0.4) is 0 Å². The molecule has 0 aliphatic carbocycles. The molecule has 1 aliphatic rings. The summed E-state index contributed by atoms with van der Waals surface area (Å²) in [4.78, 5) is 25.4. The molecule has 16 heavy (non-hydrogen) atoms. The molecule has 4 nitrogen and oxygen atoms in total. The van der Waals surface area contributed by atoms with Crippen molar-refractivity contribution in [3.63, 3.8) is 0 Å². The highest BCUT2D eigenvalue weighted by Gasteiger charge is 2.27. The molecule has 1 fully saturated rings. The van der Waals surface area contributed by atoms with Crippen LogP contribution in [0.2, 0.25) is 4.34 Å². The third kappa shape index (κ3) is 2.42. The van der Waals surface area contributed by atoms with Crippen molar-refractivity contribution in [3.8, 4) is 0 Å². The predicted octanol–water partition coefficient (Wildman–Crippen LogP) is 1.42. The largest absolute Gasteiger partial charge is 0.294 e. The van der Waals surface area contributed by atoms with Crippen LogP contribution in [-0.4, -0.2) is 29.8 Å². The third-order valence-corrected chi connectivity index (χ3v) is 3.93. The van der Waals surface area contributed by atoms with Gasteiger partial charge in [0.25, 0.3) is 0 Å². The van der Waals surface area contributed by atoms with Gasteiger partial charge in [-0.1, -0.05) is 11.6 Å². The molecule has 2 rings (SSSR count). The summed E-state index contributed by atoms with van der Waals surface area (Å²) >= 11 is 7.33. The van der Waals surface area contributed by atoms with Gasteiger partial charge in [0.2, 0.25) is 11.8 Å². The van der Waals surface area contributed by atoms with Crippen molar-refractivity contribution in [1.82, 2.24) is 10.2 Å². The molecule has 1 saturated heterocycles. The minimum atomic E-state index is -0.245. The summed E-state index contributed by atoms with van der Waals surface area (Å²) in [6.45, 7) is 2.47. The van der Waals surface area contributed by atoms with E-state index < -0.39 is 0 Å². The molecule has 86 valence electrons. The number of hydrogen-bond acceptors (Lipinski definition) is 4. The number of carbonyl (C=O) groups is 2. The summed E-state index contributed by atoms with van der Waals surface area (Å²) in [5.41, 5.74) is 0. The van der Waals surface area contributed by atoms with E-state index in [2.05, 4.69) is 5.32 Å². The SMILES string of the molecule is CC(c1ccc(Cl)s1)N1CC(=O)NC(=O)C1. The van der Waals surface area contributed by atoms with Crippen molar-refractivity contribution < 1.29 is 9.59 Å². The Labute approximate surface area is 102 Å². The van der Waals surface area contributed by atoms with E-state index in [-0.39, 0.29) is 30.9 Å². The van der Waals surface area contributed by atoms with Crippen LogP contribution in [0.25, 0.3) is 0 Å². The zero-order valence-electron chi connectivity index (χ0n) is 8.70. The maximum absolute atomic E-state index is 11.2. The molecule has 1 unspecified atom stereocenters. The molecule has 0 bridgehead atoms. The predicted molar refractivity (Wildman–Crippen MR) is 62.5 cm³/mol. The lowest BCUT2D eigenvalue weighted by atomic mass is 10.2. The molecule has 0 radical (unpaired) electrons. The van der Waals surface area contributed by atoms with Crippen molar-refractivity contribution in [2.75, 3.05) is 13.1 Å². The van der Waals surface area contributed by atoms with Crippen molar-refractivity contribution >= 4 is 34.8 Å². The molecule has 1 aliphatic heterocycles. The summed E-state index contributed by atoms with van der Waals surface area (Å²) < 4.78 is 0.717. The van der Waals surface area contributed by atoms with Crippen molar-refractivity contribution in [1.29, 1.82) is 0 Å². The van der Waals surface area contributed by atoms with E-state index in [0.29, 0.717) is 0 Å². The lowest BCUT2D eigenvalue weighted by Crippen LogP contribution is -2.51. The van der Waals surface area contributed by atoms with Crippen molar-refractivity contribution in [2.24, 2.45) is 0 Å². The number of nitrogens with one attached hydrogen (secondary N) is 1. The van der Waals surface area contributed by atoms with Crippen LogP contribution in [0, 0.1) is 0 Å². The molecule has 6 heteroatoms. The molecule has 1 N–H and O–H groups in total. The highest BCUT2D eigenvalue weighted by atomic mass is 35.5. The number of imide groups is 1. The Kier molecular flexibility index (Phi) is 3.28. The summed E-state index contributed by atoms with van der Waals surface area (Å²) in [5.74, 6) is -0.489. The zero-order chi connectivity index (χ0) is 11.7. The molecule has 0 spiro atoms. The van der Waals surface area contributed by atoms with Gasteiger partial charge in [-0.15, -0.1) is 11.3 Å². The first-order chi connectivity index (χ1) is 7.56. The third-order valence-electron chi connectivity index (χ3n) is 2.53. The number of thiophene rings is 1. The van der Waals surface area contributed by atoms with Gasteiger partial charge in [0, 0.05) is 10.9 Å². The Balaban J connectivity index is 2.12. The van der Waals surface area contributed by atoms with Crippen LogP contribution in [0.4, 0.5) is 0 Å². The van der Waals surface area contributed by atoms with Gasteiger partial charge in [0.15, 0.2) is 0 Å². The van der Waals surface area contributed by atoms with E-state index in [1.54, 1.807) is 0 Å². The van der Waals surface area contributed by atoms with Gasteiger partial charge in [0.05, 0.1) is 17.4 Å². The van der Waals surface area contributed by atoms with E-state index in [4.69, 9.17) is 11.6 Å². The van der Waals surface area contributed by atoms with Gasteiger partial charge in [-0.05, 0) is 19.1 Å².